The van der Waals surface area contributed by atoms with Crippen molar-refractivity contribution in [3.05, 3.63) is 0 Å². The van der Waals surface area contributed by atoms with Crippen LogP contribution in [0.4, 0.5) is 0 Å². The summed E-state index contributed by atoms with van der Waals surface area (Å²) in [4.78, 5) is 2.69. The van der Waals surface area contributed by atoms with Gasteiger partial charge in [0.2, 0.25) is 0 Å². The molecule has 0 spiro atoms. The maximum Gasteiger partial charge on any atom is 0.00928 e. The third-order valence-electron chi connectivity index (χ3n) is 7.51. The van der Waals surface area contributed by atoms with E-state index in [1.807, 2.05) is 0 Å². The Morgan fingerprint density at radius 2 is 1.52 bits per heavy atom. The minimum Gasteiger partial charge on any atom is -0.314 e. The summed E-state index contributed by atoms with van der Waals surface area (Å²) in [5.74, 6) is 4.52. The molecule has 0 radical (unpaired) electrons. The van der Waals surface area contributed by atoms with Crippen LogP contribution in [0.1, 0.15) is 86.5 Å². The zero-order valence-electron chi connectivity index (χ0n) is 18.1. The Balaban J connectivity index is 1.74. The van der Waals surface area contributed by atoms with Crippen LogP contribution in [-0.2, 0) is 0 Å². The van der Waals surface area contributed by atoms with Crippen molar-refractivity contribution in [3.63, 3.8) is 0 Å². The van der Waals surface area contributed by atoms with Gasteiger partial charge in [-0.1, -0.05) is 40.5 Å². The zero-order chi connectivity index (χ0) is 18.4. The molecular formula is C23H46N2. The molecule has 5 atom stereocenters. The van der Waals surface area contributed by atoms with Crippen LogP contribution in [0, 0.1) is 29.6 Å². The summed E-state index contributed by atoms with van der Waals surface area (Å²) in [5.41, 5.74) is 0. The van der Waals surface area contributed by atoms with Gasteiger partial charge in [0.15, 0.2) is 0 Å². The molecule has 2 fully saturated rings. The molecule has 2 aliphatic rings. The lowest BCUT2D eigenvalue weighted by molar-refractivity contribution is 0.181. The lowest BCUT2D eigenvalue weighted by Crippen LogP contribution is -2.42. The quantitative estimate of drug-likeness (QED) is 0.645. The van der Waals surface area contributed by atoms with Gasteiger partial charge in [0, 0.05) is 12.1 Å². The van der Waals surface area contributed by atoms with Crippen LogP contribution in [0.2, 0.25) is 0 Å². The first-order valence-electron chi connectivity index (χ1n) is 11.4. The van der Waals surface area contributed by atoms with Crippen LogP contribution in [0.15, 0.2) is 0 Å². The largest absolute Gasteiger partial charge is 0.314 e. The Morgan fingerprint density at radius 1 is 0.840 bits per heavy atom. The summed E-state index contributed by atoms with van der Waals surface area (Å²) >= 11 is 0. The molecule has 0 aromatic carbocycles. The van der Waals surface area contributed by atoms with Gasteiger partial charge in [0.25, 0.3) is 0 Å². The van der Waals surface area contributed by atoms with Crippen molar-refractivity contribution in [2.75, 3.05) is 19.6 Å². The fourth-order valence-electron chi connectivity index (χ4n) is 5.23. The highest BCUT2D eigenvalue weighted by molar-refractivity contribution is 4.83. The summed E-state index contributed by atoms with van der Waals surface area (Å²) in [6.45, 7) is 18.4. The highest BCUT2D eigenvalue weighted by Gasteiger charge is 2.28. The van der Waals surface area contributed by atoms with Crippen molar-refractivity contribution in [3.8, 4) is 0 Å². The average molecular weight is 351 g/mol. The van der Waals surface area contributed by atoms with Gasteiger partial charge in [0.1, 0.15) is 0 Å². The highest BCUT2D eigenvalue weighted by atomic mass is 15.1. The molecule has 0 amide bonds. The average Bonchev–Trinajstić information content (AvgIpc) is 2.85. The molecule has 25 heavy (non-hydrogen) atoms. The fraction of sp³-hybridized carbons (Fsp3) is 1.00. The Morgan fingerprint density at radius 3 is 2.16 bits per heavy atom. The van der Waals surface area contributed by atoms with Gasteiger partial charge >= 0.3 is 0 Å². The summed E-state index contributed by atoms with van der Waals surface area (Å²) in [5, 5.41) is 3.74. The molecular weight excluding hydrogens is 304 g/mol. The molecule has 0 aliphatic carbocycles. The van der Waals surface area contributed by atoms with Crippen LogP contribution >= 0.6 is 0 Å². The Bertz CT molecular complexity index is 365. The van der Waals surface area contributed by atoms with Gasteiger partial charge in [-0.3, -0.25) is 0 Å². The minimum absolute atomic E-state index is 0.725. The molecule has 0 aromatic rings. The number of rotatable bonds is 7. The molecule has 0 saturated carbocycles. The van der Waals surface area contributed by atoms with Crippen molar-refractivity contribution < 1.29 is 0 Å². The summed E-state index contributed by atoms with van der Waals surface area (Å²) in [7, 11) is 0. The smallest absolute Gasteiger partial charge is 0.00928 e. The highest BCUT2D eigenvalue weighted by Crippen LogP contribution is 2.34. The van der Waals surface area contributed by atoms with Crippen molar-refractivity contribution >= 4 is 0 Å². The van der Waals surface area contributed by atoms with Gasteiger partial charge in [-0.25, -0.2) is 0 Å². The predicted molar refractivity (Wildman–Crippen MR) is 111 cm³/mol. The number of hydrogen-bond acceptors (Lipinski definition) is 2. The van der Waals surface area contributed by atoms with Gasteiger partial charge < -0.3 is 10.2 Å². The Hall–Kier alpha value is -0.0800. The van der Waals surface area contributed by atoms with Crippen LogP contribution in [0.25, 0.3) is 0 Å². The second-order valence-corrected chi connectivity index (χ2v) is 9.94. The van der Waals surface area contributed by atoms with E-state index in [0.29, 0.717) is 0 Å². The molecule has 1 N–H and O–H groups in total. The number of nitrogens with one attached hydrogen (secondary N) is 1. The summed E-state index contributed by atoms with van der Waals surface area (Å²) in [6, 6.07) is 1.48. The van der Waals surface area contributed by atoms with Crippen LogP contribution < -0.4 is 5.32 Å². The molecule has 148 valence electrons. The van der Waals surface area contributed by atoms with Crippen molar-refractivity contribution in [1.29, 1.82) is 0 Å². The first-order chi connectivity index (χ1) is 11.9. The maximum absolute atomic E-state index is 3.74. The van der Waals surface area contributed by atoms with Crippen LogP contribution in [-0.4, -0.2) is 36.6 Å². The molecule has 2 heterocycles. The molecule has 2 rings (SSSR count). The fourth-order valence-corrected chi connectivity index (χ4v) is 5.23. The van der Waals surface area contributed by atoms with Crippen molar-refractivity contribution in [1.82, 2.24) is 10.2 Å². The summed E-state index contributed by atoms with van der Waals surface area (Å²) < 4.78 is 0. The lowest BCUT2D eigenvalue weighted by atomic mass is 9.76. The third-order valence-corrected chi connectivity index (χ3v) is 7.51. The first kappa shape index (κ1) is 21.2. The lowest BCUT2D eigenvalue weighted by Gasteiger charge is -2.36. The van der Waals surface area contributed by atoms with Gasteiger partial charge in [0.05, 0.1) is 0 Å². The predicted octanol–water partition coefficient (Wildman–Crippen LogP) is 5.57. The van der Waals surface area contributed by atoms with Crippen molar-refractivity contribution in [2.45, 2.75) is 98.6 Å². The van der Waals surface area contributed by atoms with E-state index in [0.717, 1.165) is 41.7 Å². The monoisotopic (exact) mass is 350 g/mol. The molecule has 0 aromatic heterocycles. The van der Waals surface area contributed by atoms with E-state index in [2.05, 4.69) is 51.8 Å². The minimum atomic E-state index is 0.725. The molecule has 2 aliphatic heterocycles. The molecule has 2 heteroatoms. The van der Waals surface area contributed by atoms with Gasteiger partial charge in [-0.15, -0.1) is 0 Å². The van der Waals surface area contributed by atoms with E-state index in [1.165, 1.54) is 64.6 Å². The van der Waals surface area contributed by atoms with E-state index < -0.39 is 0 Å². The Kier molecular flexibility index (Phi) is 8.75. The van der Waals surface area contributed by atoms with Crippen LogP contribution in [0.5, 0.6) is 0 Å². The zero-order valence-corrected chi connectivity index (χ0v) is 18.1. The SMILES string of the molecule is CC(C)C1CC(C(C)CCC(C)C2CCCN(C(C)C)CC2)CCN1. The Labute approximate surface area is 158 Å². The number of hydrogen-bond donors (Lipinski definition) is 1. The van der Waals surface area contributed by atoms with Crippen LogP contribution in [0.3, 0.4) is 0 Å². The van der Waals surface area contributed by atoms with E-state index in [9.17, 15) is 0 Å². The summed E-state index contributed by atoms with van der Waals surface area (Å²) in [6.07, 6.45) is 9.99. The standard InChI is InChI=1S/C23H46N2/c1-17(2)23-16-22(11-13-24-23)20(6)10-9-19(5)21-8-7-14-25(15-12-21)18(3)4/h17-24H,7-16H2,1-6H3. The van der Waals surface area contributed by atoms with E-state index >= 15 is 0 Å². The van der Waals surface area contributed by atoms with Gasteiger partial charge in [-0.05, 0) is 95.2 Å². The third kappa shape index (κ3) is 6.54. The molecule has 2 nitrogen and oxygen atoms in total. The van der Waals surface area contributed by atoms with E-state index in [1.54, 1.807) is 0 Å². The molecule has 0 bridgehead atoms. The van der Waals surface area contributed by atoms with Crippen molar-refractivity contribution in [2.24, 2.45) is 29.6 Å². The molecule has 2 saturated heterocycles. The maximum atomic E-state index is 3.74. The first-order valence-corrected chi connectivity index (χ1v) is 11.4. The topological polar surface area (TPSA) is 15.3 Å². The second-order valence-electron chi connectivity index (χ2n) is 9.94. The molecule has 5 unspecified atom stereocenters. The number of likely N-dealkylation sites (tertiary alicyclic amines) is 1. The number of piperidine rings is 1. The van der Waals surface area contributed by atoms with E-state index in [4.69, 9.17) is 0 Å². The second kappa shape index (κ2) is 10.3. The van der Waals surface area contributed by atoms with E-state index in [-0.39, 0.29) is 0 Å². The van der Waals surface area contributed by atoms with Gasteiger partial charge in [-0.2, -0.15) is 0 Å². The number of nitrogens with zero attached hydrogens (tertiary/aromatic N) is 1. The normalized spacial score (nSPS) is 31.9.